The van der Waals surface area contributed by atoms with Crippen LogP contribution in [0.5, 0.6) is 0 Å². The molecule has 1 aliphatic heterocycles. The molecule has 0 saturated carbocycles. The van der Waals surface area contributed by atoms with E-state index in [1.54, 1.807) is 0 Å². The van der Waals surface area contributed by atoms with Crippen LogP contribution < -0.4 is 0 Å². The van der Waals surface area contributed by atoms with Gasteiger partial charge in [0, 0.05) is 0 Å². The van der Waals surface area contributed by atoms with Crippen LogP contribution in [0.25, 0.3) is 0 Å². The Balaban J connectivity index is 1.87. The van der Waals surface area contributed by atoms with Crippen LogP contribution in [0, 0.1) is 0 Å². The van der Waals surface area contributed by atoms with Gasteiger partial charge in [-0.25, -0.2) is 4.79 Å². The maximum Gasteiger partial charge on any atom is 0.335 e. The van der Waals surface area contributed by atoms with Crippen molar-refractivity contribution in [2.45, 2.75) is 70.5 Å². The number of rotatable bonds is 13. The molecule has 0 spiro atoms. The van der Waals surface area contributed by atoms with E-state index in [9.17, 15) is 4.79 Å². The molecule has 1 N–H and O–H groups in total. The Kier molecular flexibility index (Phi) is 10.9. The molecule has 0 aromatic heterocycles. The largest absolute Gasteiger partial charge is 0.479 e. The van der Waals surface area contributed by atoms with Gasteiger partial charge < -0.3 is 9.84 Å². The third-order valence-electron chi connectivity index (χ3n) is 3.63. The van der Waals surface area contributed by atoms with E-state index in [1.807, 2.05) is 6.08 Å². The topological polar surface area (TPSA) is 49.8 Å². The summed E-state index contributed by atoms with van der Waals surface area (Å²) in [6, 6.07) is 0. The summed E-state index contributed by atoms with van der Waals surface area (Å²) in [7, 11) is 0. The van der Waals surface area contributed by atoms with Crippen molar-refractivity contribution >= 4 is 5.97 Å². The first kappa shape index (κ1) is 19.4. The summed E-state index contributed by atoms with van der Waals surface area (Å²) in [5, 5.41) is 8.68. The summed E-state index contributed by atoms with van der Waals surface area (Å²) in [6.07, 6.45) is 25.3. The fourth-order valence-corrected chi connectivity index (χ4v) is 2.24. The van der Waals surface area contributed by atoms with E-state index in [4.69, 9.17) is 9.84 Å². The molecule has 0 bridgehead atoms. The minimum Gasteiger partial charge on any atom is -0.479 e. The van der Waals surface area contributed by atoms with Crippen molar-refractivity contribution in [2.75, 3.05) is 0 Å². The van der Waals surface area contributed by atoms with Gasteiger partial charge in [0.1, 0.15) is 0 Å². The third kappa shape index (κ3) is 10.7. The van der Waals surface area contributed by atoms with E-state index < -0.39 is 12.1 Å². The van der Waals surface area contributed by atoms with Crippen LogP contribution in [-0.4, -0.2) is 23.3 Å². The molecule has 1 aliphatic rings. The number of allylic oxidation sites excluding steroid dienone is 7. The molecule has 128 valence electrons. The molecule has 1 heterocycles. The molecule has 1 fully saturated rings. The lowest BCUT2D eigenvalue weighted by Gasteiger charge is -1.93. The van der Waals surface area contributed by atoms with Crippen LogP contribution in [0.1, 0.15) is 58.3 Å². The van der Waals surface area contributed by atoms with Crippen LogP contribution >= 0.6 is 0 Å². The Morgan fingerprint density at radius 1 is 0.913 bits per heavy atom. The van der Waals surface area contributed by atoms with Gasteiger partial charge in [0.25, 0.3) is 0 Å². The molecule has 0 amide bonds. The van der Waals surface area contributed by atoms with E-state index in [1.165, 1.54) is 19.3 Å². The second-order valence-corrected chi connectivity index (χ2v) is 5.72. The molecular weight excluding hydrogens is 288 g/mol. The van der Waals surface area contributed by atoms with Gasteiger partial charge in [-0.1, -0.05) is 55.5 Å². The van der Waals surface area contributed by atoms with Gasteiger partial charge >= 0.3 is 5.97 Å². The van der Waals surface area contributed by atoms with Gasteiger partial charge in [-0.2, -0.15) is 0 Å². The highest BCUT2D eigenvalue weighted by Crippen LogP contribution is 2.25. The maximum absolute atomic E-state index is 10.6. The summed E-state index contributed by atoms with van der Waals surface area (Å²) in [4.78, 5) is 10.6. The lowest BCUT2D eigenvalue weighted by Crippen LogP contribution is -2.07. The summed E-state index contributed by atoms with van der Waals surface area (Å²) in [5.41, 5.74) is 0. The molecule has 0 aliphatic carbocycles. The smallest absolute Gasteiger partial charge is 0.335 e. The number of unbranched alkanes of at least 4 members (excludes halogenated alkanes) is 3. The average molecular weight is 318 g/mol. The van der Waals surface area contributed by atoms with Crippen molar-refractivity contribution in [1.29, 1.82) is 0 Å². The summed E-state index contributed by atoms with van der Waals surface area (Å²) < 4.78 is 5.02. The van der Waals surface area contributed by atoms with E-state index in [-0.39, 0.29) is 6.10 Å². The van der Waals surface area contributed by atoms with Gasteiger partial charge in [-0.3, -0.25) is 0 Å². The van der Waals surface area contributed by atoms with Crippen LogP contribution in [0.2, 0.25) is 0 Å². The first-order chi connectivity index (χ1) is 11.3. The molecule has 3 heteroatoms. The third-order valence-corrected chi connectivity index (χ3v) is 3.63. The second kappa shape index (κ2) is 12.9. The molecule has 0 radical (unpaired) electrons. The Hall–Kier alpha value is -1.61. The predicted octanol–water partition coefficient (Wildman–Crippen LogP) is 5.20. The highest BCUT2D eigenvalue weighted by molar-refractivity contribution is 5.75. The molecule has 23 heavy (non-hydrogen) atoms. The van der Waals surface area contributed by atoms with Crippen molar-refractivity contribution < 1.29 is 14.6 Å². The van der Waals surface area contributed by atoms with Gasteiger partial charge in [0.2, 0.25) is 0 Å². The molecule has 0 aromatic carbocycles. The van der Waals surface area contributed by atoms with Gasteiger partial charge in [0.15, 0.2) is 6.10 Å². The number of carbonyl (C=O) groups is 1. The number of hydrogen-bond acceptors (Lipinski definition) is 2. The first-order valence-electron chi connectivity index (χ1n) is 8.74. The van der Waals surface area contributed by atoms with Crippen molar-refractivity contribution in [3.05, 3.63) is 48.6 Å². The van der Waals surface area contributed by atoms with Crippen molar-refractivity contribution in [3.8, 4) is 0 Å². The molecule has 1 rings (SSSR count). The fourth-order valence-electron chi connectivity index (χ4n) is 2.24. The van der Waals surface area contributed by atoms with Crippen LogP contribution in [0.3, 0.4) is 0 Å². The minimum absolute atomic E-state index is 0.113. The normalized spacial score (nSPS) is 21.3. The molecule has 0 aromatic rings. The highest BCUT2D eigenvalue weighted by Gasteiger charge is 2.43. The standard InChI is InChI=1S/C20H30O3/c1-2-3-4-5-6-7-8-9-10-11-12-13-14-15-16-17-18-19(23-18)20(21)22/h3-4,6-7,12-13,15-16,18-19H,2,5,8-11,14,17H2,1H3,(H,21,22). The average Bonchev–Trinajstić information content (AvgIpc) is 3.31. The highest BCUT2D eigenvalue weighted by atomic mass is 16.6. The fraction of sp³-hybridized carbons (Fsp3) is 0.550. The lowest BCUT2D eigenvalue weighted by molar-refractivity contribution is -0.138. The van der Waals surface area contributed by atoms with Crippen molar-refractivity contribution in [1.82, 2.24) is 0 Å². The van der Waals surface area contributed by atoms with Gasteiger partial charge in [-0.05, 0) is 51.4 Å². The van der Waals surface area contributed by atoms with E-state index in [0.29, 0.717) is 6.42 Å². The molecule has 1 saturated heterocycles. The number of ether oxygens (including phenoxy) is 1. The molecule has 3 nitrogen and oxygen atoms in total. The lowest BCUT2D eigenvalue weighted by atomic mass is 10.1. The summed E-state index contributed by atoms with van der Waals surface area (Å²) in [6.45, 7) is 2.15. The zero-order valence-electron chi connectivity index (χ0n) is 14.2. The quantitative estimate of drug-likeness (QED) is 0.288. The van der Waals surface area contributed by atoms with Crippen LogP contribution in [0.15, 0.2) is 48.6 Å². The molecule has 2 atom stereocenters. The second-order valence-electron chi connectivity index (χ2n) is 5.72. The van der Waals surface area contributed by atoms with Gasteiger partial charge in [0.05, 0.1) is 6.10 Å². The SMILES string of the molecule is CCC=CCC=CCCCCC=CCC=CCC1OC1C(=O)O. The van der Waals surface area contributed by atoms with Crippen molar-refractivity contribution in [2.24, 2.45) is 0 Å². The number of hydrogen-bond donors (Lipinski definition) is 1. The summed E-state index contributed by atoms with van der Waals surface area (Å²) >= 11 is 0. The Labute approximate surface area is 140 Å². The number of carboxylic acids is 1. The zero-order valence-corrected chi connectivity index (χ0v) is 14.2. The van der Waals surface area contributed by atoms with Gasteiger partial charge in [-0.15, -0.1) is 0 Å². The predicted molar refractivity (Wildman–Crippen MR) is 95.5 cm³/mol. The Morgan fingerprint density at radius 3 is 2.00 bits per heavy atom. The van der Waals surface area contributed by atoms with Crippen LogP contribution in [0.4, 0.5) is 0 Å². The first-order valence-corrected chi connectivity index (χ1v) is 8.74. The monoisotopic (exact) mass is 318 g/mol. The van der Waals surface area contributed by atoms with E-state index in [0.717, 1.165) is 25.7 Å². The number of aliphatic carboxylic acids is 1. The van der Waals surface area contributed by atoms with E-state index >= 15 is 0 Å². The molecule has 2 unspecified atom stereocenters. The van der Waals surface area contributed by atoms with Crippen LogP contribution in [-0.2, 0) is 9.53 Å². The number of epoxide rings is 1. The minimum atomic E-state index is -0.851. The maximum atomic E-state index is 10.6. The Bertz CT molecular complexity index is 432. The van der Waals surface area contributed by atoms with E-state index in [2.05, 4.69) is 49.5 Å². The van der Waals surface area contributed by atoms with Crippen molar-refractivity contribution in [3.63, 3.8) is 0 Å². The number of carboxylic acid groups (broad SMARTS) is 1. The molecular formula is C20H30O3. The Morgan fingerprint density at radius 2 is 1.48 bits per heavy atom. The summed E-state index contributed by atoms with van der Waals surface area (Å²) in [5.74, 6) is -0.851. The zero-order chi connectivity index (χ0) is 16.8.